The summed E-state index contributed by atoms with van der Waals surface area (Å²) in [7, 11) is 0. The Morgan fingerprint density at radius 2 is 1.95 bits per heavy atom. The van der Waals surface area contributed by atoms with Crippen LogP contribution in [-0.2, 0) is 12.8 Å². The summed E-state index contributed by atoms with van der Waals surface area (Å²) < 4.78 is 37.7. The minimum absolute atomic E-state index is 0.000984. The molecule has 0 saturated heterocycles. The molecule has 6 nitrogen and oxygen atoms in total. The molecule has 1 rings (SSSR count). The van der Waals surface area contributed by atoms with Crippen molar-refractivity contribution in [3.8, 4) is 0 Å². The smallest absolute Gasteiger partial charge is 0.392 e. The minimum atomic E-state index is -4.56. The van der Waals surface area contributed by atoms with Crippen LogP contribution in [0.15, 0.2) is 23.3 Å². The van der Waals surface area contributed by atoms with Crippen LogP contribution >= 0.6 is 0 Å². The highest BCUT2D eigenvalue weighted by Crippen LogP contribution is 2.32. The Morgan fingerprint density at radius 3 is 2.48 bits per heavy atom. The first-order valence-electron chi connectivity index (χ1n) is 5.99. The first kappa shape index (κ1) is 17.3. The van der Waals surface area contributed by atoms with Crippen LogP contribution in [0.5, 0.6) is 0 Å². The number of nitrogens with zero attached hydrogens (tertiary/aromatic N) is 3. The predicted octanol–water partition coefficient (Wildman–Crippen LogP) is 2.29. The van der Waals surface area contributed by atoms with Crippen molar-refractivity contribution >= 4 is 0 Å². The van der Waals surface area contributed by atoms with Gasteiger partial charge < -0.3 is 15.3 Å². The first-order valence-corrected chi connectivity index (χ1v) is 5.99. The third-order valence-electron chi connectivity index (χ3n) is 2.91. The van der Waals surface area contributed by atoms with Crippen molar-refractivity contribution in [2.24, 2.45) is 5.11 Å². The molecule has 9 heteroatoms. The molecule has 0 aliphatic rings. The SMILES string of the molecule is [N-]=[N+]=NCCC(O)C(O)c1ccc(C(F)(F)F)cc1CO. The van der Waals surface area contributed by atoms with Gasteiger partial charge in [0.15, 0.2) is 0 Å². The summed E-state index contributed by atoms with van der Waals surface area (Å²) >= 11 is 0. The van der Waals surface area contributed by atoms with E-state index in [-0.39, 0.29) is 24.1 Å². The number of aliphatic hydroxyl groups is 3. The monoisotopic (exact) mass is 305 g/mol. The summed E-state index contributed by atoms with van der Waals surface area (Å²) in [6, 6.07) is 2.49. The van der Waals surface area contributed by atoms with Crippen LogP contribution in [0.25, 0.3) is 10.4 Å². The van der Waals surface area contributed by atoms with E-state index in [4.69, 9.17) is 10.6 Å². The molecule has 2 unspecified atom stereocenters. The molecule has 1 aromatic rings. The highest BCUT2D eigenvalue weighted by molar-refractivity contribution is 5.35. The van der Waals surface area contributed by atoms with Gasteiger partial charge in [-0.25, -0.2) is 0 Å². The Bertz CT molecular complexity index is 530. The van der Waals surface area contributed by atoms with Crippen LogP contribution in [0, 0.1) is 0 Å². The van der Waals surface area contributed by atoms with Gasteiger partial charge >= 0.3 is 6.18 Å². The van der Waals surface area contributed by atoms with Crippen LogP contribution < -0.4 is 0 Å². The van der Waals surface area contributed by atoms with Gasteiger partial charge in [-0.05, 0) is 35.2 Å². The molecule has 0 amide bonds. The van der Waals surface area contributed by atoms with Gasteiger partial charge in [0.2, 0.25) is 0 Å². The maximum absolute atomic E-state index is 12.6. The molecule has 2 atom stereocenters. The van der Waals surface area contributed by atoms with Crippen molar-refractivity contribution in [2.45, 2.75) is 31.4 Å². The zero-order valence-electron chi connectivity index (χ0n) is 10.8. The van der Waals surface area contributed by atoms with Gasteiger partial charge in [-0.3, -0.25) is 0 Å². The number of aliphatic hydroxyl groups excluding tert-OH is 3. The van der Waals surface area contributed by atoms with E-state index >= 15 is 0 Å². The molecule has 0 aliphatic heterocycles. The van der Waals surface area contributed by atoms with Crippen LogP contribution in [0.4, 0.5) is 13.2 Å². The van der Waals surface area contributed by atoms with E-state index in [0.717, 1.165) is 18.2 Å². The van der Waals surface area contributed by atoms with E-state index in [9.17, 15) is 23.4 Å². The summed E-state index contributed by atoms with van der Waals surface area (Å²) in [6.45, 7) is -0.775. The van der Waals surface area contributed by atoms with Crippen molar-refractivity contribution in [3.05, 3.63) is 45.3 Å². The molecule has 0 heterocycles. The largest absolute Gasteiger partial charge is 0.416 e. The van der Waals surface area contributed by atoms with Gasteiger partial charge in [-0.1, -0.05) is 11.2 Å². The molecule has 3 N–H and O–H groups in total. The van der Waals surface area contributed by atoms with Gasteiger partial charge in [0.25, 0.3) is 0 Å². The minimum Gasteiger partial charge on any atom is -0.392 e. The fourth-order valence-corrected chi connectivity index (χ4v) is 1.81. The van der Waals surface area contributed by atoms with Crippen LogP contribution in [0.2, 0.25) is 0 Å². The van der Waals surface area contributed by atoms with Crippen molar-refractivity contribution < 1.29 is 28.5 Å². The number of alkyl halides is 3. The number of hydrogen-bond acceptors (Lipinski definition) is 4. The van der Waals surface area contributed by atoms with E-state index in [1.807, 2.05) is 0 Å². The molecule has 0 aliphatic carbocycles. The van der Waals surface area contributed by atoms with E-state index in [1.54, 1.807) is 0 Å². The molecule has 116 valence electrons. The van der Waals surface area contributed by atoms with Gasteiger partial charge in [0.05, 0.1) is 18.3 Å². The number of azide groups is 1. The number of rotatable bonds is 6. The predicted molar refractivity (Wildman–Crippen MR) is 67.0 cm³/mol. The van der Waals surface area contributed by atoms with Gasteiger partial charge in [-0.2, -0.15) is 13.2 Å². The molecule has 0 fully saturated rings. The molecule has 1 aromatic carbocycles. The van der Waals surface area contributed by atoms with E-state index in [0.29, 0.717) is 0 Å². The third kappa shape index (κ3) is 4.61. The number of benzene rings is 1. The summed E-state index contributed by atoms with van der Waals surface area (Å²) in [5.74, 6) is 0. The molecule has 0 aromatic heterocycles. The maximum Gasteiger partial charge on any atom is 0.416 e. The molecule has 0 spiro atoms. The molecular weight excluding hydrogens is 291 g/mol. The Balaban J connectivity index is 2.98. The average Bonchev–Trinajstić information content (AvgIpc) is 2.45. The summed E-state index contributed by atoms with van der Waals surface area (Å²) in [5, 5.41) is 31.9. The molecule has 0 radical (unpaired) electrons. The Kier molecular flexibility index (Phi) is 5.98. The zero-order chi connectivity index (χ0) is 16.0. The quantitative estimate of drug-likeness (QED) is 0.426. The van der Waals surface area contributed by atoms with E-state index in [2.05, 4.69) is 10.0 Å². The normalized spacial score (nSPS) is 14.4. The van der Waals surface area contributed by atoms with Gasteiger partial charge in [0.1, 0.15) is 6.10 Å². The van der Waals surface area contributed by atoms with Crippen molar-refractivity contribution in [2.75, 3.05) is 6.54 Å². The second-order valence-corrected chi connectivity index (χ2v) is 4.32. The lowest BCUT2D eigenvalue weighted by molar-refractivity contribution is -0.137. The highest BCUT2D eigenvalue weighted by Gasteiger charge is 2.32. The Labute approximate surface area is 118 Å². The van der Waals surface area contributed by atoms with Crippen molar-refractivity contribution in [1.29, 1.82) is 0 Å². The average molecular weight is 305 g/mol. The summed E-state index contributed by atoms with van der Waals surface area (Å²) in [5.41, 5.74) is 7.02. The van der Waals surface area contributed by atoms with Crippen LogP contribution in [0.3, 0.4) is 0 Å². The molecule has 21 heavy (non-hydrogen) atoms. The fourth-order valence-electron chi connectivity index (χ4n) is 1.81. The fraction of sp³-hybridized carbons (Fsp3) is 0.500. The summed E-state index contributed by atoms with van der Waals surface area (Å²) in [4.78, 5) is 2.48. The van der Waals surface area contributed by atoms with Crippen LogP contribution in [-0.4, -0.2) is 28.0 Å². The lowest BCUT2D eigenvalue weighted by atomic mass is 9.95. The maximum atomic E-state index is 12.6. The van der Waals surface area contributed by atoms with E-state index < -0.39 is 30.6 Å². The lowest BCUT2D eigenvalue weighted by Gasteiger charge is -2.21. The second kappa shape index (κ2) is 7.28. The Hall–Kier alpha value is -1.80. The third-order valence-corrected chi connectivity index (χ3v) is 2.91. The van der Waals surface area contributed by atoms with Crippen molar-refractivity contribution in [1.82, 2.24) is 0 Å². The van der Waals surface area contributed by atoms with Gasteiger partial charge in [0, 0.05) is 11.5 Å². The topological polar surface area (TPSA) is 109 Å². The van der Waals surface area contributed by atoms with E-state index in [1.165, 1.54) is 0 Å². The zero-order valence-corrected chi connectivity index (χ0v) is 10.8. The molecule has 0 saturated carbocycles. The van der Waals surface area contributed by atoms with Crippen LogP contribution in [0.1, 0.15) is 29.2 Å². The summed E-state index contributed by atoms with van der Waals surface area (Å²) in [6.07, 6.45) is -7.43. The molecular formula is C12H14F3N3O3. The highest BCUT2D eigenvalue weighted by atomic mass is 19.4. The molecule has 0 bridgehead atoms. The van der Waals surface area contributed by atoms with Gasteiger partial charge in [-0.15, -0.1) is 0 Å². The number of halogens is 3. The lowest BCUT2D eigenvalue weighted by Crippen LogP contribution is -2.21. The second-order valence-electron chi connectivity index (χ2n) is 4.32. The Morgan fingerprint density at radius 1 is 1.29 bits per heavy atom. The standard InChI is InChI=1S/C12H14F3N3O3/c13-12(14,15)8-1-2-9(7(5-8)6-19)11(21)10(20)3-4-17-18-16/h1-2,5,10-11,19-21H,3-4,6H2. The van der Waals surface area contributed by atoms with Crippen molar-refractivity contribution in [3.63, 3.8) is 0 Å². The first-order chi connectivity index (χ1) is 9.81. The number of hydrogen-bond donors (Lipinski definition) is 3.